The maximum absolute atomic E-state index is 13.8. The van der Waals surface area contributed by atoms with Crippen molar-refractivity contribution >= 4 is 30.3 Å². The molecule has 0 spiro atoms. The van der Waals surface area contributed by atoms with Crippen LogP contribution >= 0.6 is 0 Å². The van der Waals surface area contributed by atoms with Gasteiger partial charge in [0.15, 0.2) is 12.3 Å². The second-order valence-corrected chi connectivity index (χ2v) is 53.6. The number of nitrogens with zero attached hydrogens (tertiary/aromatic N) is 11. The molecular formula is C102H194N14O10. The molecule has 6 N–H and O–H groups in total. The number of hydrogen-bond acceptors (Lipinski definition) is 18. The van der Waals surface area contributed by atoms with Crippen molar-refractivity contribution in [2.24, 2.45) is 33.5 Å². The monoisotopic (exact) mass is 1780 g/mol. The Morgan fingerprint density at radius 1 is 0.492 bits per heavy atom. The van der Waals surface area contributed by atoms with E-state index in [0.717, 1.165) is 147 Å². The summed E-state index contributed by atoms with van der Waals surface area (Å²) in [4.78, 5) is 86.4. The van der Waals surface area contributed by atoms with Gasteiger partial charge in [0.2, 0.25) is 12.3 Å². The van der Waals surface area contributed by atoms with Crippen LogP contribution in [0.5, 0.6) is 0 Å². The van der Waals surface area contributed by atoms with Crippen molar-refractivity contribution in [3.05, 3.63) is 12.3 Å². The van der Waals surface area contributed by atoms with E-state index in [1.165, 1.54) is 11.5 Å². The number of ether oxygens (including phenoxy) is 2. The molecule has 10 heterocycles. The highest BCUT2D eigenvalue weighted by molar-refractivity contribution is 5.86. The third kappa shape index (κ3) is 30.5. The summed E-state index contributed by atoms with van der Waals surface area (Å²) in [6.07, 6.45) is 20.9. The summed E-state index contributed by atoms with van der Waals surface area (Å²) in [6, 6.07) is 1.44. The summed E-state index contributed by atoms with van der Waals surface area (Å²) in [7, 11) is 2.14. The molecule has 126 heavy (non-hydrogen) atoms. The van der Waals surface area contributed by atoms with Crippen molar-refractivity contribution in [3.8, 4) is 0 Å². The minimum atomic E-state index is -0.318. The molecule has 2 atom stereocenters. The van der Waals surface area contributed by atoms with Gasteiger partial charge in [-0.25, -0.2) is 9.59 Å². The molecule has 1 saturated carbocycles. The van der Waals surface area contributed by atoms with Crippen LogP contribution in [-0.2, 0) is 23.9 Å². The van der Waals surface area contributed by atoms with E-state index in [1.807, 2.05) is 52.2 Å². The van der Waals surface area contributed by atoms with Crippen LogP contribution in [0.1, 0.15) is 397 Å². The average Bonchev–Trinajstić information content (AvgIpc) is 1.54. The molecule has 11 fully saturated rings. The number of aliphatic hydroxyl groups is 2. The Morgan fingerprint density at radius 3 is 1.21 bits per heavy atom. The Labute approximate surface area is 769 Å². The largest absolute Gasteiger partial charge is 0.497 e. The number of aliphatic hydroxyl groups excluding tert-OH is 2. The maximum atomic E-state index is 13.8. The van der Waals surface area contributed by atoms with Gasteiger partial charge in [-0.15, -0.1) is 0 Å². The smallest absolute Gasteiger partial charge is 0.325 e. The number of allylic oxidation sites excluding steroid dienone is 1. The fourth-order valence-corrected chi connectivity index (χ4v) is 26.8. The van der Waals surface area contributed by atoms with Gasteiger partial charge in [0.25, 0.3) is 0 Å². The molecule has 0 bridgehead atoms. The highest BCUT2D eigenvalue weighted by Crippen LogP contribution is 2.51. The molecule has 11 aliphatic rings. The molecule has 732 valence electrons. The fourth-order valence-electron chi connectivity index (χ4n) is 26.8. The Kier molecular flexibility index (Phi) is 34.6. The summed E-state index contributed by atoms with van der Waals surface area (Å²) in [6.45, 7) is 91.3. The van der Waals surface area contributed by atoms with Crippen LogP contribution in [0.4, 0.5) is 9.59 Å². The van der Waals surface area contributed by atoms with E-state index in [2.05, 4.69) is 276 Å². The number of hydrogen-bond donors (Lipinski definition) is 6. The second kappa shape index (κ2) is 39.9. The number of nitrogens with one attached hydrogen (secondary N) is 3. The van der Waals surface area contributed by atoms with Crippen molar-refractivity contribution in [2.75, 3.05) is 60.0 Å². The number of hydroxylamine groups is 2. The van der Waals surface area contributed by atoms with Gasteiger partial charge in [-0.1, -0.05) is 89.7 Å². The molecule has 11 rings (SSSR count). The number of carbonyl (C=O) groups is 5. The minimum absolute atomic E-state index is 0.0153. The van der Waals surface area contributed by atoms with Crippen LogP contribution in [-0.4, -0.2) is 281 Å². The standard InChI is InChI=1S/C30H57NO3.C27H47N7O2.C26H50N4O2.C10H21NO.C9H19NO2/c1-22(18-27(4,5)6)16-24(3)33-15-14-31-29(10,11)20-25(21-30(31,12)13)34-26(32)17-23(2)19-28(7,8)9;1-24(2)9-18(10-25(3,4)13-24)29-14-31-20-21-33(22(31)35)16-30(17-34(21)23(36)32(20)15-29)19-11-26(5,6)28-27(7,8)12-19;1-20(32)30(22-17-25(6,7)28-26(8,9)18-22)14-12-10-11-13-29(19-31)21-15-23(2,3)27-24(4,5)16-21;1-9(2)6-8(12)7-10(3,4)11(9)5;1-8(2)5-7(11)6-9(3,4)10(8)12/h22-23,25H,3,14-21H2,1-2,4-13H3;18-21,28H,9-17H2,1-8H3;19,21-22,27-28H,10-18H2,1-9H3;8,12H,6-7H2,1-5H3;7,11-12H,5-6H2,1-4H3. The molecule has 24 heteroatoms. The first kappa shape index (κ1) is 109. The summed E-state index contributed by atoms with van der Waals surface area (Å²) in [5.74, 6) is 1.92. The Morgan fingerprint density at radius 2 is 0.841 bits per heavy atom. The lowest BCUT2D eigenvalue weighted by molar-refractivity contribution is -0.257. The maximum Gasteiger partial charge on any atom is 0.325 e. The van der Waals surface area contributed by atoms with E-state index < -0.39 is 0 Å². The first-order chi connectivity index (χ1) is 56.8. The zero-order valence-corrected chi connectivity index (χ0v) is 88.0. The SMILES string of the molecule is C=C(CC(C)CC(C)(C)C)OCCN1C(C)(C)CC(OC(=O)CC(C)CC(C)(C)C)CC1(C)C.CC(=O)N(CCCCCN(C=O)C1CC(C)(C)NC(C)(C)C1)C1CC(C)(C)NC(C)(C)C1.CC1(C)CC(N2CN3C(=O)N4CN(C5CC(C)(C)NC(C)(C)C5)CN5C(=O)N(C2)C3C45)CC(C)(C)C1.CC1(C)CC(O)CC(C)(C)N1O.CN1C(C)(C)CC(O)CC1(C)C. The highest BCUT2D eigenvalue weighted by Gasteiger charge is 2.65. The Hall–Kier alpha value is -3.95. The lowest BCUT2D eigenvalue weighted by Crippen LogP contribution is -2.67. The Balaban J connectivity index is 0.000000229. The van der Waals surface area contributed by atoms with E-state index in [0.29, 0.717) is 81.9 Å². The third-order valence-corrected chi connectivity index (χ3v) is 29.5. The van der Waals surface area contributed by atoms with Gasteiger partial charge < -0.3 is 50.6 Å². The summed E-state index contributed by atoms with van der Waals surface area (Å²) in [5.41, 5.74) is 0.696. The molecule has 1 aliphatic carbocycles. The molecule has 2 unspecified atom stereocenters. The summed E-state index contributed by atoms with van der Waals surface area (Å²) in [5, 5.41) is 41.6. The van der Waals surface area contributed by atoms with Crippen LogP contribution in [0, 0.1) is 33.5 Å². The first-order valence-electron chi connectivity index (χ1n) is 49.2. The van der Waals surface area contributed by atoms with Crippen molar-refractivity contribution < 1.29 is 48.9 Å². The number of likely N-dealkylation sites (tertiary alicyclic amines) is 2. The van der Waals surface area contributed by atoms with Crippen LogP contribution in [0.2, 0.25) is 0 Å². The van der Waals surface area contributed by atoms with E-state index in [4.69, 9.17) is 9.47 Å². The van der Waals surface area contributed by atoms with Gasteiger partial charge in [0.05, 0.1) is 44.6 Å². The summed E-state index contributed by atoms with van der Waals surface area (Å²) >= 11 is 0. The highest BCUT2D eigenvalue weighted by atomic mass is 16.5. The quantitative estimate of drug-likeness (QED) is 0.0256. The predicted octanol–water partition coefficient (Wildman–Crippen LogP) is 18.6. The molecule has 6 amide bonds. The molecule has 10 saturated heterocycles. The molecule has 10 aliphatic heterocycles. The van der Waals surface area contributed by atoms with Gasteiger partial charge in [-0.3, -0.25) is 53.6 Å². The van der Waals surface area contributed by atoms with E-state index in [1.54, 1.807) is 6.92 Å². The normalized spacial score (nSPS) is 27.2. The minimum Gasteiger partial charge on any atom is -0.497 e. The van der Waals surface area contributed by atoms with E-state index in [9.17, 15) is 39.4 Å². The molecule has 0 aromatic carbocycles. The number of rotatable bonds is 22. The lowest BCUT2D eigenvalue weighted by atomic mass is 9.63. The van der Waals surface area contributed by atoms with Crippen LogP contribution in [0.3, 0.4) is 0 Å². The van der Waals surface area contributed by atoms with Gasteiger partial charge in [-0.2, -0.15) is 5.06 Å². The molecule has 24 nitrogen and oxygen atoms in total. The van der Waals surface area contributed by atoms with Gasteiger partial charge in [0, 0.05) is 143 Å². The average molecular weight is 1780 g/mol. The molecule has 0 radical (unpaired) electrons. The number of carbonyl (C=O) groups excluding carboxylic acids is 5. The molecular weight excluding hydrogens is 1580 g/mol. The van der Waals surface area contributed by atoms with Crippen molar-refractivity contribution in [2.45, 2.75) is 519 Å². The van der Waals surface area contributed by atoms with Gasteiger partial charge >= 0.3 is 18.0 Å². The topological polar surface area (TPSA) is 236 Å². The van der Waals surface area contributed by atoms with Crippen molar-refractivity contribution in [1.82, 2.24) is 70.0 Å². The first-order valence-corrected chi connectivity index (χ1v) is 49.2. The van der Waals surface area contributed by atoms with Gasteiger partial charge in [0.1, 0.15) is 12.7 Å². The Bertz CT molecular complexity index is 3360. The molecule has 0 aromatic rings. The number of urea groups is 2. The van der Waals surface area contributed by atoms with E-state index >= 15 is 0 Å². The lowest BCUT2D eigenvalue weighted by Gasteiger charge is -2.54. The van der Waals surface area contributed by atoms with Crippen LogP contribution < -0.4 is 16.0 Å². The van der Waals surface area contributed by atoms with Gasteiger partial charge in [-0.05, 0) is 322 Å². The van der Waals surface area contributed by atoms with Crippen molar-refractivity contribution in [1.29, 1.82) is 0 Å². The summed E-state index contributed by atoms with van der Waals surface area (Å²) < 4.78 is 12.1. The number of esters is 1. The number of piperidine rings is 6. The number of unbranched alkanes of at least 4 members (excludes halogenated alkanes) is 2. The van der Waals surface area contributed by atoms with Crippen molar-refractivity contribution in [3.63, 3.8) is 0 Å². The second-order valence-electron chi connectivity index (χ2n) is 53.6. The molecule has 0 aromatic heterocycles. The fraction of sp³-hybridized carbons (Fsp3) is 0.931. The van der Waals surface area contributed by atoms with Crippen LogP contribution in [0.15, 0.2) is 12.3 Å². The third-order valence-electron chi connectivity index (χ3n) is 29.5. The van der Waals surface area contributed by atoms with E-state index in [-0.39, 0.29) is 149 Å². The number of amides is 6. The van der Waals surface area contributed by atoms with Crippen LogP contribution in [0.25, 0.3) is 0 Å². The zero-order valence-electron chi connectivity index (χ0n) is 88.0. The zero-order chi connectivity index (χ0) is 96.0. The predicted molar refractivity (Wildman–Crippen MR) is 514 cm³/mol.